The highest BCUT2D eigenvalue weighted by Gasteiger charge is 2.37. The Kier molecular flexibility index (Phi) is 5.55. The molecule has 2 heterocycles. The highest BCUT2D eigenvalue weighted by atomic mass is 79.9. The lowest BCUT2D eigenvalue weighted by Crippen LogP contribution is -2.42. The molecule has 0 unspecified atom stereocenters. The van der Waals surface area contributed by atoms with E-state index in [1.165, 1.54) is 12.6 Å². The topological polar surface area (TPSA) is 45.2 Å². The van der Waals surface area contributed by atoms with Crippen LogP contribution in [0.4, 0.5) is 19.0 Å². The normalized spacial score (nSPS) is 19.6. The molecule has 4 nitrogen and oxygen atoms in total. The van der Waals surface area contributed by atoms with E-state index in [0.717, 1.165) is 18.9 Å². The second kappa shape index (κ2) is 7.51. The molecule has 1 N–H and O–H groups in total. The Morgan fingerprint density at radius 2 is 1.96 bits per heavy atom. The van der Waals surface area contributed by atoms with Crippen molar-refractivity contribution in [2.24, 2.45) is 5.92 Å². The Morgan fingerprint density at radius 3 is 2.52 bits per heavy atom. The number of aromatic nitrogens is 1. The highest BCUT2D eigenvalue weighted by molar-refractivity contribution is 9.10. The Balaban J connectivity index is 1.58. The SMILES string of the molecule is O=C(CC1CCN(c2ncc(Br)cc2C(F)(F)F)CC1)NC1CCC1. The lowest BCUT2D eigenvalue weighted by atomic mass is 9.90. The quantitative estimate of drug-likeness (QED) is 0.797. The van der Waals surface area contributed by atoms with Gasteiger partial charge in [0.25, 0.3) is 0 Å². The average molecular weight is 420 g/mol. The molecule has 138 valence electrons. The van der Waals surface area contributed by atoms with Crippen LogP contribution < -0.4 is 10.2 Å². The summed E-state index contributed by atoms with van der Waals surface area (Å²) in [5.41, 5.74) is -0.719. The molecule has 0 radical (unpaired) electrons. The van der Waals surface area contributed by atoms with Crippen molar-refractivity contribution in [1.82, 2.24) is 10.3 Å². The first-order chi connectivity index (χ1) is 11.8. The van der Waals surface area contributed by atoms with Gasteiger partial charge in [0.05, 0.1) is 5.56 Å². The molecule has 1 amide bonds. The van der Waals surface area contributed by atoms with Gasteiger partial charge < -0.3 is 10.2 Å². The molecule has 25 heavy (non-hydrogen) atoms. The molecule has 3 rings (SSSR count). The molecular formula is C17H21BrF3N3O. The molecule has 8 heteroatoms. The van der Waals surface area contributed by atoms with Crippen LogP contribution in [-0.4, -0.2) is 30.0 Å². The second-order valence-corrected chi connectivity index (χ2v) is 7.77. The van der Waals surface area contributed by atoms with Crippen LogP contribution in [0.5, 0.6) is 0 Å². The third-order valence-electron chi connectivity index (χ3n) is 5.00. The summed E-state index contributed by atoms with van der Waals surface area (Å²) in [6.45, 7) is 0.970. The summed E-state index contributed by atoms with van der Waals surface area (Å²) in [6, 6.07) is 1.40. The minimum Gasteiger partial charge on any atom is -0.356 e. The maximum atomic E-state index is 13.3. The van der Waals surface area contributed by atoms with Crippen LogP contribution in [-0.2, 0) is 11.0 Å². The molecule has 1 aliphatic heterocycles. The van der Waals surface area contributed by atoms with Crippen LogP contribution in [0, 0.1) is 5.92 Å². The van der Waals surface area contributed by atoms with Gasteiger partial charge in [-0.3, -0.25) is 4.79 Å². The number of hydrogen-bond acceptors (Lipinski definition) is 3. The predicted molar refractivity (Wildman–Crippen MR) is 92.3 cm³/mol. The van der Waals surface area contributed by atoms with E-state index in [4.69, 9.17) is 0 Å². The van der Waals surface area contributed by atoms with Crippen molar-refractivity contribution in [3.05, 3.63) is 22.3 Å². The van der Waals surface area contributed by atoms with Crippen LogP contribution in [0.2, 0.25) is 0 Å². The first kappa shape index (κ1) is 18.5. The fraction of sp³-hybridized carbons (Fsp3) is 0.647. The second-order valence-electron chi connectivity index (χ2n) is 6.85. The van der Waals surface area contributed by atoms with Gasteiger partial charge in [0.15, 0.2) is 0 Å². The van der Waals surface area contributed by atoms with Gasteiger partial charge in [-0.05, 0) is 60.0 Å². The van der Waals surface area contributed by atoms with Crippen LogP contribution in [0.3, 0.4) is 0 Å². The number of amides is 1. The van der Waals surface area contributed by atoms with Crippen LogP contribution >= 0.6 is 15.9 Å². The van der Waals surface area contributed by atoms with Crippen LogP contribution in [0.25, 0.3) is 0 Å². The summed E-state index contributed by atoms with van der Waals surface area (Å²) < 4.78 is 40.1. The van der Waals surface area contributed by atoms with Gasteiger partial charge >= 0.3 is 6.18 Å². The number of halogens is 4. The van der Waals surface area contributed by atoms with E-state index in [-0.39, 0.29) is 17.6 Å². The van der Waals surface area contributed by atoms with E-state index >= 15 is 0 Å². The van der Waals surface area contributed by atoms with Gasteiger partial charge in [0.2, 0.25) is 5.91 Å². The minimum absolute atomic E-state index is 0.0203. The van der Waals surface area contributed by atoms with Crippen LogP contribution in [0.1, 0.15) is 44.1 Å². The molecule has 1 aliphatic carbocycles. The van der Waals surface area contributed by atoms with Crippen molar-refractivity contribution in [3.63, 3.8) is 0 Å². The minimum atomic E-state index is -4.44. The van der Waals surface area contributed by atoms with Crippen molar-refractivity contribution in [3.8, 4) is 0 Å². The summed E-state index contributed by atoms with van der Waals surface area (Å²) in [5, 5.41) is 3.02. The zero-order valence-electron chi connectivity index (χ0n) is 13.8. The smallest absolute Gasteiger partial charge is 0.356 e. The standard InChI is InChI=1S/C17H21BrF3N3O/c18-12-9-14(17(19,20)21)16(22-10-12)24-6-4-11(5-7-24)8-15(25)23-13-2-1-3-13/h9-11,13H,1-8H2,(H,23,25). The number of nitrogens with one attached hydrogen (secondary N) is 1. The number of anilines is 1. The Bertz CT molecular complexity index is 626. The highest BCUT2D eigenvalue weighted by Crippen LogP contribution is 2.38. The number of hydrogen-bond donors (Lipinski definition) is 1. The lowest BCUT2D eigenvalue weighted by molar-refractivity contribution is -0.137. The first-order valence-corrected chi connectivity index (χ1v) is 9.39. The first-order valence-electron chi connectivity index (χ1n) is 8.60. The molecule has 2 aliphatic rings. The molecule has 1 saturated heterocycles. The van der Waals surface area contributed by atoms with Crippen molar-refractivity contribution in [2.45, 2.75) is 50.7 Å². The van der Waals surface area contributed by atoms with Gasteiger partial charge in [-0.25, -0.2) is 4.98 Å². The number of nitrogens with zero attached hydrogens (tertiary/aromatic N) is 2. The van der Waals surface area contributed by atoms with Crippen molar-refractivity contribution < 1.29 is 18.0 Å². The van der Waals surface area contributed by atoms with E-state index in [2.05, 4.69) is 26.2 Å². The molecule has 0 spiro atoms. The summed E-state index contributed by atoms with van der Waals surface area (Å²) >= 11 is 3.05. The molecule has 0 bridgehead atoms. The maximum absolute atomic E-state index is 13.3. The number of piperidine rings is 1. The predicted octanol–water partition coefficient (Wildman–Crippen LogP) is 4.14. The van der Waals surface area contributed by atoms with Gasteiger partial charge in [0, 0.05) is 36.2 Å². The molecular weight excluding hydrogens is 399 g/mol. The van der Waals surface area contributed by atoms with E-state index in [0.29, 0.717) is 42.9 Å². The maximum Gasteiger partial charge on any atom is 0.419 e. The third-order valence-corrected chi connectivity index (χ3v) is 5.43. The number of alkyl halides is 3. The number of carbonyl (C=O) groups excluding carboxylic acids is 1. The van der Waals surface area contributed by atoms with E-state index in [1.807, 2.05) is 0 Å². The third kappa shape index (κ3) is 4.65. The monoisotopic (exact) mass is 419 g/mol. The zero-order valence-corrected chi connectivity index (χ0v) is 15.4. The zero-order chi connectivity index (χ0) is 18.0. The molecule has 1 saturated carbocycles. The molecule has 2 fully saturated rings. The molecule has 0 aromatic carbocycles. The molecule has 1 aromatic rings. The van der Waals surface area contributed by atoms with Gasteiger partial charge in [0.1, 0.15) is 5.82 Å². The number of pyridine rings is 1. The van der Waals surface area contributed by atoms with E-state index < -0.39 is 11.7 Å². The fourth-order valence-electron chi connectivity index (χ4n) is 3.34. The van der Waals surface area contributed by atoms with Crippen molar-refractivity contribution >= 4 is 27.7 Å². The van der Waals surface area contributed by atoms with Crippen molar-refractivity contribution in [2.75, 3.05) is 18.0 Å². The average Bonchev–Trinajstić information content (AvgIpc) is 2.51. The van der Waals surface area contributed by atoms with E-state index in [9.17, 15) is 18.0 Å². The van der Waals surface area contributed by atoms with E-state index in [1.54, 1.807) is 4.90 Å². The number of rotatable bonds is 4. The lowest BCUT2D eigenvalue weighted by Gasteiger charge is -2.34. The summed E-state index contributed by atoms with van der Waals surface area (Å²) in [4.78, 5) is 17.7. The van der Waals surface area contributed by atoms with Gasteiger partial charge in [-0.2, -0.15) is 13.2 Å². The summed E-state index contributed by atoms with van der Waals surface area (Å²) in [6.07, 6.45) is 2.10. The molecule has 0 atom stereocenters. The van der Waals surface area contributed by atoms with Crippen LogP contribution in [0.15, 0.2) is 16.7 Å². The summed E-state index contributed by atoms with van der Waals surface area (Å²) in [5.74, 6) is 0.273. The summed E-state index contributed by atoms with van der Waals surface area (Å²) in [7, 11) is 0. The Labute approximate surface area is 153 Å². The fourth-order valence-corrected chi connectivity index (χ4v) is 3.67. The Hall–Kier alpha value is -1.31. The Morgan fingerprint density at radius 1 is 1.28 bits per heavy atom. The van der Waals surface area contributed by atoms with Gasteiger partial charge in [-0.15, -0.1) is 0 Å². The largest absolute Gasteiger partial charge is 0.419 e. The van der Waals surface area contributed by atoms with Crippen molar-refractivity contribution in [1.29, 1.82) is 0 Å². The van der Waals surface area contributed by atoms with Gasteiger partial charge in [-0.1, -0.05) is 0 Å². The number of carbonyl (C=O) groups is 1. The molecule has 1 aromatic heterocycles.